The van der Waals surface area contributed by atoms with Crippen LogP contribution in [0, 0.1) is 0 Å². The van der Waals surface area contributed by atoms with Crippen molar-refractivity contribution in [2.24, 2.45) is 0 Å². The first-order valence-electron chi connectivity index (χ1n) is 9.55. The third-order valence-electron chi connectivity index (χ3n) is 5.90. The van der Waals surface area contributed by atoms with E-state index in [-0.39, 0.29) is 17.2 Å². The highest BCUT2D eigenvalue weighted by molar-refractivity contribution is 5.55. The van der Waals surface area contributed by atoms with Crippen LogP contribution in [0.1, 0.15) is 30.9 Å². The number of nitrogens with zero attached hydrogens (tertiary/aromatic N) is 4. The van der Waals surface area contributed by atoms with Crippen molar-refractivity contribution in [2.45, 2.75) is 31.3 Å². The van der Waals surface area contributed by atoms with E-state index < -0.39 is 0 Å². The van der Waals surface area contributed by atoms with Crippen LogP contribution in [-0.2, 0) is 0 Å². The minimum Gasteiger partial charge on any atom is -0.508 e. The minimum absolute atomic E-state index is 0.0870. The molecular weight excluding hydrogens is 352 g/mol. The van der Waals surface area contributed by atoms with Crippen LogP contribution in [0.2, 0.25) is 0 Å². The van der Waals surface area contributed by atoms with E-state index in [9.17, 15) is 5.11 Å². The van der Waals surface area contributed by atoms with Gasteiger partial charge in [-0.05, 0) is 49.4 Å². The van der Waals surface area contributed by atoms with Crippen LogP contribution in [0.4, 0.5) is 0 Å². The van der Waals surface area contributed by atoms with E-state index in [4.69, 9.17) is 0 Å². The Morgan fingerprint density at radius 3 is 2.61 bits per heavy atom. The van der Waals surface area contributed by atoms with E-state index in [1.54, 1.807) is 6.07 Å². The maximum absolute atomic E-state index is 10.1. The van der Waals surface area contributed by atoms with Gasteiger partial charge in [-0.25, -0.2) is 0 Å². The fourth-order valence-electron chi connectivity index (χ4n) is 4.25. The molecule has 146 valence electrons. The van der Waals surface area contributed by atoms with Crippen LogP contribution in [0.15, 0.2) is 48.5 Å². The van der Waals surface area contributed by atoms with Crippen molar-refractivity contribution in [3.8, 4) is 17.1 Å². The van der Waals surface area contributed by atoms with Gasteiger partial charge in [-0.1, -0.05) is 36.4 Å². The lowest BCUT2D eigenvalue weighted by atomic mass is 9.73. The van der Waals surface area contributed by atoms with E-state index in [1.165, 1.54) is 5.56 Å². The van der Waals surface area contributed by atoms with Gasteiger partial charge in [-0.2, -0.15) is 5.21 Å². The molecule has 3 aromatic rings. The molecule has 1 saturated heterocycles. The molecule has 3 N–H and O–H groups in total. The van der Waals surface area contributed by atoms with E-state index in [0.29, 0.717) is 11.9 Å². The predicted octanol–water partition coefficient (Wildman–Crippen LogP) is 2.39. The molecule has 2 unspecified atom stereocenters. The summed E-state index contributed by atoms with van der Waals surface area (Å²) in [7, 11) is 2.18. The van der Waals surface area contributed by atoms with Crippen LogP contribution in [0.3, 0.4) is 0 Å². The summed E-state index contributed by atoms with van der Waals surface area (Å²) < 4.78 is 0. The molecule has 0 aliphatic carbocycles. The van der Waals surface area contributed by atoms with Gasteiger partial charge in [0.05, 0.1) is 0 Å². The highest BCUT2D eigenvalue weighted by Crippen LogP contribution is 2.40. The fourth-order valence-corrected chi connectivity index (χ4v) is 4.25. The summed E-state index contributed by atoms with van der Waals surface area (Å²) in [5, 5.41) is 28.0. The number of phenolic OH excluding ortho intramolecular Hbond substituents is 1. The molecule has 28 heavy (non-hydrogen) atoms. The van der Waals surface area contributed by atoms with E-state index in [1.807, 2.05) is 24.3 Å². The first-order valence-corrected chi connectivity index (χ1v) is 9.55. The van der Waals surface area contributed by atoms with Gasteiger partial charge in [0.15, 0.2) is 0 Å². The van der Waals surface area contributed by atoms with E-state index >= 15 is 0 Å². The zero-order chi connectivity index (χ0) is 19.7. The summed E-state index contributed by atoms with van der Waals surface area (Å²) in [5.74, 6) is 0.954. The number of benzene rings is 2. The SMILES string of the molecule is CC1CN(C)C(C)([C@H](c2ccc(-c3nn[nH]n3)cc2)c2cccc(O)c2)CN1. The molecule has 0 radical (unpaired) electrons. The van der Waals surface area contributed by atoms with Gasteiger partial charge in [0.1, 0.15) is 5.75 Å². The maximum Gasteiger partial charge on any atom is 0.204 e. The monoisotopic (exact) mass is 378 g/mol. The van der Waals surface area contributed by atoms with Crippen molar-refractivity contribution < 1.29 is 5.11 Å². The number of tetrazole rings is 1. The number of likely N-dealkylation sites (N-methyl/N-ethyl adjacent to an activating group) is 1. The first-order chi connectivity index (χ1) is 13.5. The van der Waals surface area contributed by atoms with Crippen molar-refractivity contribution >= 4 is 0 Å². The van der Waals surface area contributed by atoms with Gasteiger partial charge in [0.25, 0.3) is 0 Å². The maximum atomic E-state index is 10.1. The van der Waals surface area contributed by atoms with Crippen LogP contribution in [0.5, 0.6) is 5.75 Å². The lowest BCUT2D eigenvalue weighted by Crippen LogP contribution is -2.63. The topological polar surface area (TPSA) is 90.0 Å². The minimum atomic E-state index is -0.145. The largest absolute Gasteiger partial charge is 0.508 e. The third kappa shape index (κ3) is 3.39. The molecule has 1 aliphatic rings. The highest BCUT2D eigenvalue weighted by atomic mass is 16.3. The molecule has 4 rings (SSSR count). The van der Waals surface area contributed by atoms with Gasteiger partial charge in [0, 0.05) is 36.2 Å². The summed E-state index contributed by atoms with van der Waals surface area (Å²) in [6.07, 6.45) is 0. The number of hydrogen-bond donors (Lipinski definition) is 3. The average molecular weight is 378 g/mol. The Kier molecular flexibility index (Phi) is 4.87. The number of phenols is 1. The number of aromatic amines is 1. The molecule has 1 fully saturated rings. The van der Waals surface area contributed by atoms with Crippen molar-refractivity contribution in [2.75, 3.05) is 20.1 Å². The summed E-state index contributed by atoms with van der Waals surface area (Å²) in [4.78, 5) is 2.43. The molecule has 1 aromatic heterocycles. The average Bonchev–Trinajstić information content (AvgIpc) is 3.21. The van der Waals surface area contributed by atoms with E-state index in [2.05, 4.69) is 69.9 Å². The zero-order valence-electron chi connectivity index (χ0n) is 16.4. The van der Waals surface area contributed by atoms with Crippen molar-refractivity contribution in [3.63, 3.8) is 0 Å². The Hall–Kier alpha value is -2.77. The van der Waals surface area contributed by atoms with Gasteiger partial charge < -0.3 is 10.4 Å². The number of aromatic nitrogens is 4. The number of H-pyrrole nitrogens is 1. The standard InChI is InChI=1S/C21H26N6O/c1-14-12-27(3)21(2,13-22-14)19(17-5-4-6-18(28)11-17)15-7-9-16(10-8-15)20-23-25-26-24-20/h4-11,14,19,22,28H,12-13H2,1-3H3,(H,23,24,25,26)/t14?,19-,21?/m1/s1. The number of hydrogen-bond acceptors (Lipinski definition) is 6. The second kappa shape index (κ2) is 7.33. The summed E-state index contributed by atoms with van der Waals surface area (Å²) in [6, 6.07) is 16.3. The molecule has 0 spiro atoms. The number of rotatable bonds is 4. The molecular formula is C21H26N6O. The molecule has 0 amide bonds. The van der Waals surface area contributed by atoms with Crippen LogP contribution >= 0.6 is 0 Å². The van der Waals surface area contributed by atoms with Gasteiger partial charge in [0.2, 0.25) is 5.82 Å². The molecule has 0 bridgehead atoms. The molecule has 7 nitrogen and oxygen atoms in total. The smallest absolute Gasteiger partial charge is 0.204 e. The zero-order valence-corrected chi connectivity index (χ0v) is 16.4. The summed E-state index contributed by atoms with van der Waals surface area (Å²) in [6.45, 7) is 6.32. The van der Waals surface area contributed by atoms with E-state index in [0.717, 1.165) is 24.2 Å². The van der Waals surface area contributed by atoms with Gasteiger partial charge in [-0.3, -0.25) is 4.90 Å². The molecule has 2 aromatic carbocycles. The number of piperazine rings is 1. The van der Waals surface area contributed by atoms with Crippen LogP contribution in [-0.4, -0.2) is 62.3 Å². The summed E-state index contributed by atoms with van der Waals surface area (Å²) >= 11 is 0. The molecule has 3 atom stereocenters. The van der Waals surface area contributed by atoms with Crippen LogP contribution < -0.4 is 5.32 Å². The lowest BCUT2D eigenvalue weighted by molar-refractivity contribution is 0.0689. The summed E-state index contributed by atoms with van der Waals surface area (Å²) in [5.41, 5.74) is 3.05. The molecule has 7 heteroatoms. The normalized spacial score (nSPS) is 24.2. The van der Waals surface area contributed by atoms with Crippen molar-refractivity contribution in [1.82, 2.24) is 30.8 Å². The molecule has 2 heterocycles. The predicted molar refractivity (Wildman–Crippen MR) is 108 cm³/mol. The van der Waals surface area contributed by atoms with Gasteiger partial charge >= 0.3 is 0 Å². The third-order valence-corrected chi connectivity index (χ3v) is 5.90. The molecule has 1 aliphatic heterocycles. The van der Waals surface area contributed by atoms with Gasteiger partial charge in [-0.15, -0.1) is 10.2 Å². The number of aromatic hydroxyl groups is 1. The quantitative estimate of drug-likeness (QED) is 0.646. The first kappa shape index (κ1) is 18.6. The lowest BCUT2D eigenvalue weighted by Gasteiger charge is -2.50. The molecule has 0 saturated carbocycles. The van der Waals surface area contributed by atoms with Crippen molar-refractivity contribution in [3.05, 3.63) is 59.7 Å². The fraction of sp³-hybridized carbons (Fsp3) is 0.381. The highest BCUT2D eigenvalue weighted by Gasteiger charge is 2.42. The number of nitrogens with one attached hydrogen (secondary N) is 2. The Balaban J connectivity index is 1.77. The van der Waals surface area contributed by atoms with Crippen LogP contribution in [0.25, 0.3) is 11.4 Å². The second-order valence-corrected chi connectivity index (χ2v) is 7.91. The second-order valence-electron chi connectivity index (χ2n) is 7.91. The Morgan fingerprint density at radius 1 is 1.18 bits per heavy atom. The van der Waals surface area contributed by atoms with Crippen molar-refractivity contribution in [1.29, 1.82) is 0 Å². The Labute approximate surface area is 164 Å². The Morgan fingerprint density at radius 2 is 1.96 bits per heavy atom. The Bertz CT molecular complexity index is 926.